The Hall–Kier alpha value is -1.53. The van der Waals surface area contributed by atoms with E-state index in [0.29, 0.717) is 19.0 Å². The first-order chi connectivity index (χ1) is 10.6. The van der Waals surface area contributed by atoms with Gasteiger partial charge in [0.2, 0.25) is 5.91 Å². The maximum absolute atomic E-state index is 11.3. The zero-order chi connectivity index (χ0) is 15.9. The molecule has 122 valence electrons. The second kappa shape index (κ2) is 8.19. The van der Waals surface area contributed by atoms with Gasteiger partial charge in [0.15, 0.2) is 0 Å². The van der Waals surface area contributed by atoms with E-state index < -0.39 is 0 Å². The van der Waals surface area contributed by atoms with Crippen molar-refractivity contribution < 1.29 is 9.90 Å². The summed E-state index contributed by atoms with van der Waals surface area (Å²) < 4.78 is 0. The van der Waals surface area contributed by atoms with Crippen molar-refractivity contribution in [3.05, 3.63) is 23.8 Å². The lowest BCUT2D eigenvalue weighted by atomic mass is 9.92. The molecule has 0 bridgehead atoms. The molecule has 0 atom stereocenters. The Balaban J connectivity index is 1.80. The van der Waals surface area contributed by atoms with Crippen molar-refractivity contribution in [3.8, 4) is 0 Å². The Morgan fingerprint density at radius 2 is 1.95 bits per heavy atom. The normalized spacial score (nSPS) is 16.3. The summed E-state index contributed by atoms with van der Waals surface area (Å²) in [6, 6.07) is 0. The van der Waals surface area contributed by atoms with E-state index in [1.807, 2.05) is 29.2 Å². The van der Waals surface area contributed by atoms with Gasteiger partial charge in [-0.25, -0.2) is 0 Å². The first-order valence-electron chi connectivity index (χ1n) is 7.93. The standard InChI is InChI=1S/C16H26N4O2/c1-13(22)20-5-3-14(4-6-20)9-15-10-18-16(11-17-15)12-19(2)7-8-21/h10-11,14,21H,3-9,12H2,1-2H3. The summed E-state index contributed by atoms with van der Waals surface area (Å²) in [5, 5.41) is 8.89. The number of hydrogen-bond donors (Lipinski definition) is 1. The van der Waals surface area contributed by atoms with Crippen molar-refractivity contribution >= 4 is 5.91 Å². The number of nitrogens with zero attached hydrogens (tertiary/aromatic N) is 4. The van der Waals surface area contributed by atoms with E-state index >= 15 is 0 Å². The van der Waals surface area contributed by atoms with Crippen molar-refractivity contribution in [1.29, 1.82) is 0 Å². The minimum atomic E-state index is 0.154. The molecule has 0 saturated carbocycles. The first kappa shape index (κ1) is 16.8. The molecular weight excluding hydrogens is 280 g/mol. The van der Waals surface area contributed by atoms with Gasteiger partial charge in [-0.2, -0.15) is 0 Å². The summed E-state index contributed by atoms with van der Waals surface area (Å²) in [5.74, 6) is 0.766. The molecule has 1 N–H and O–H groups in total. The lowest BCUT2D eigenvalue weighted by Crippen LogP contribution is -2.37. The number of piperidine rings is 1. The summed E-state index contributed by atoms with van der Waals surface area (Å²) >= 11 is 0. The zero-order valence-electron chi connectivity index (χ0n) is 13.5. The Kier molecular flexibility index (Phi) is 6.27. The van der Waals surface area contributed by atoms with Crippen molar-refractivity contribution in [2.75, 3.05) is 33.3 Å². The average molecular weight is 306 g/mol. The lowest BCUT2D eigenvalue weighted by molar-refractivity contribution is -0.130. The first-order valence-corrected chi connectivity index (χ1v) is 7.93. The van der Waals surface area contributed by atoms with Crippen LogP contribution in [-0.4, -0.2) is 64.1 Å². The number of hydrogen-bond acceptors (Lipinski definition) is 5. The van der Waals surface area contributed by atoms with Crippen molar-refractivity contribution in [1.82, 2.24) is 19.8 Å². The molecule has 0 radical (unpaired) electrons. The molecule has 1 aromatic heterocycles. The largest absolute Gasteiger partial charge is 0.395 e. The van der Waals surface area contributed by atoms with E-state index in [1.54, 1.807) is 6.92 Å². The van der Waals surface area contributed by atoms with Crippen LogP contribution in [0.4, 0.5) is 0 Å². The van der Waals surface area contributed by atoms with Crippen molar-refractivity contribution in [2.24, 2.45) is 5.92 Å². The Bertz CT molecular complexity index is 470. The number of amides is 1. The third-order valence-electron chi connectivity index (χ3n) is 4.23. The Morgan fingerprint density at radius 1 is 1.32 bits per heavy atom. The molecule has 1 aliphatic rings. The Morgan fingerprint density at radius 3 is 2.50 bits per heavy atom. The molecule has 0 aromatic carbocycles. The summed E-state index contributed by atoms with van der Waals surface area (Å²) in [6.07, 6.45) is 6.71. The Labute approximate surface area is 132 Å². The number of likely N-dealkylation sites (tertiary alicyclic amines) is 1. The molecular formula is C16H26N4O2. The van der Waals surface area contributed by atoms with E-state index in [0.717, 1.165) is 43.7 Å². The second-order valence-corrected chi connectivity index (χ2v) is 6.11. The summed E-state index contributed by atoms with van der Waals surface area (Å²) in [5.41, 5.74) is 1.95. The van der Waals surface area contributed by atoms with Gasteiger partial charge in [0, 0.05) is 39.3 Å². The molecule has 1 saturated heterocycles. The van der Waals surface area contributed by atoms with Crippen LogP contribution in [0.25, 0.3) is 0 Å². The molecule has 6 heteroatoms. The zero-order valence-corrected chi connectivity index (χ0v) is 13.5. The van der Waals surface area contributed by atoms with E-state index in [4.69, 9.17) is 5.11 Å². The van der Waals surface area contributed by atoms with E-state index in [-0.39, 0.29) is 12.5 Å². The van der Waals surface area contributed by atoms with Crippen LogP contribution in [0.3, 0.4) is 0 Å². The van der Waals surface area contributed by atoms with Gasteiger partial charge in [0.25, 0.3) is 0 Å². The summed E-state index contributed by atoms with van der Waals surface area (Å²) in [4.78, 5) is 24.2. The number of carbonyl (C=O) groups is 1. The fraction of sp³-hybridized carbons (Fsp3) is 0.688. The van der Waals surface area contributed by atoms with E-state index in [9.17, 15) is 4.79 Å². The van der Waals surface area contributed by atoms with Crippen LogP contribution < -0.4 is 0 Å². The number of aliphatic hydroxyl groups is 1. The van der Waals surface area contributed by atoms with Crippen LogP contribution in [0.5, 0.6) is 0 Å². The SMILES string of the molecule is CC(=O)N1CCC(Cc2cnc(CN(C)CCO)cn2)CC1. The topological polar surface area (TPSA) is 69.6 Å². The number of carbonyl (C=O) groups excluding carboxylic acids is 1. The van der Waals surface area contributed by atoms with Gasteiger partial charge in [-0.1, -0.05) is 0 Å². The molecule has 22 heavy (non-hydrogen) atoms. The van der Waals surface area contributed by atoms with Gasteiger partial charge in [-0.15, -0.1) is 0 Å². The predicted octanol–water partition coefficient (Wildman–Crippen LogP) is 0.702. The second-order valence-electron chi connectivity index (χ2n) is 6.11. The third-order valence-corrected chi connectivity index (χ3v) is 4.23. The van der Waals surface area contributed by atoms with Crippen molar-refractivity contribution in [2.45, 2.75) is 32.7 Å². The van der Waals surface area contributed by atoms with Crippen LogP contribution in [0.1, 0.15) is 31.2 Å². The highest BCUT2D eigenvalue weighted by molar-refractivity contribution is 5.73. The maximum atomic E-state index is 11.3. The molecule has 1 aromatic rings. The monoisotopic (exact) mass is 306 g/mol. The van der Waals surface area contributed by atoms with Gasteiger partial charge < -0.3 is 10.0 Å². The fourth-order valence-electron chi connectivity index (χ4n) is 2.84. The molecule has 0 aliphatic carbocycles. The lowest BCUT2D eigenvalue weighted by Gasteiger charge is -2.31. The van der Waals surface area contributed by atoms with Gasteiger partial charge in [0.05, 0.1) is 24.2 Å². The summed E-state index contributed by atoms with van der Waals surface area (Å²) in [6.45, 7) is 4.84. The van der Waals surface area contributed by atoms with Gasteiger partial charge in [-0.3, -0.25) is 19.7 Å². The number of rotatable bonds is 6. The van der Waals surface area contributed by atoms with Gasteiger partial charge >= 0.3 is 0 Å². The minimum absolute atomic E-state index is 0.154. The molecule has 1 amide bonds. The molecule has 2 rings (SSSR count). The average Bonchev–Trinajstić information content (AvgIpc) is 2.50. The quantitative estimate of drug-likeness (QED) is 0.838. The molecule has 1 aliphatic heterocycles. The molecule has 0 unspecified atom stereocenters. The molecule has 0 spiro atoms. The third kappa shape index (κ3) is 5.03. The summed E-state index contributed by atoms with van der Waals surface area (Å²) in [7, 11) is 1.95. The van der Waals surface area contributed by atoms with Crippen LogP contribution in [0.2, 0.25) is 0 Å². The van der Waals surface area contributed by atoms with Gasteiger partial charge in [-0.05, 0) is 32.2 Å². The van der Waals surface area contributed by atoms with E-state index in [1.165, 1.54) is 0 Å². The maximum Gasteiger partial charge on any atom is 0.219 e. The highest BCUT2D eigenvalue weighted by Gasteiger charge is 2.21. The van der Waals surface area contributed by atoms with Crippen LogP contribution in [-0.2, 0) is 17.8 Å². The smallest absolute Gasteiger partial charge is 0.219 e. The molecule has 6 nitrogen and oxygen atoms in total. The molecule has 2 heterocycles. The molecule has 1 fully saturated rings. The minimum Gasteiger partial charge on any atom is -0.395 e. The highest BCUT2D eigenvalue weighted by Crippen LogP contribution is 2.20. The van der Waals surface area contributed by atoms with Crippen LogP contribution in [0, 0.1) is 5.92 Å². The van der Waals surface area contributed by atoms with Crippen LogP contribution in [0.15, 0.2) is 12.4 Å². The number of aliphatic hydroxyl groups excluding tert-OH is 1. The van der Waals surface area contributed by atoms with Gasteiger partial charge in [0.1, 0.15) is 0 Å². The fourth-order valence-corrected chi connectivity index (χ4v) is 2.84. The van der Waals surface area contributed by atoms with Crippen molar-refractivity contribution in [3.63, 3.8) is 0 Å². The predicted molar refractivity (Wildman–Crippen MR) is 84.1 cm³/mol. The van der Waals surface area contributed by atoms with Crippen LogP contribution >= 0.6 is 0 Å². The van der Waals surface area contributed by atoms with E-state index in [2.05, 4.69) is 9.97 Å². The number of aromatic nitrogens is 2. The number of likely N-dealkylation sites (N-methyl/N-ethyl adjacent to an activating group) is 1. The highest BCUT2D eigenvalue weighted by atomic mass is 16.3.